The van der Waals surface area contributed by atoms with Gasteiger partial charge >= 0.3 is 0 Å². The standard InChI is InChI=1S/C15H15N5S/c16-11-14(12-7-3-1-4-8-12)21-15-17-18-19-20(15)13-9-5-2-6-10-13/h1-10,14H,11,16H2. The van der Waals surface area contributed by atoms with E-state index < -0.39 is 0 Å². The van der Waals surface area contributed by atoms with Crippen LogP contribution in [0.3, 0.4) is 0 Å². The average molecular weight is 297 g/mol. The Bertz CT molecular complexity index is 684. The van der Waals surface area contributed by atoms with Crippen molar-refractivity contribution in [3.63, 3.8) is 0 Å². The van der Waals surface area contributed by atoms with Crippen molar-refractivity contribution >= 4 is 11.8 Å². The highest BCUT2D eigenvalue weighted by Gasteiger charge is 2.16. The van der Waals surface area contributed by atoms with E-state index >= 15 is 0 Å². The third kappa shape index (κ3) is 3.12. The molecule has 3 rings (SSSR count). The molecule has 0 saturated carbocycles. The Balaban J connectivity index is 1.87. The molecule has 0 spiro atoms. The Kier molecular flexibility index (Phi) is 4.28. The molecule has 0 fully saturated rings. The van der Waals surface area contributed by atoms with Crippen molar-refractivity contribution in [2.24, 2.45) is 5.73 Å². The first-order chi connectivity index (χ1) is 10.4. The van der Waals surface area contributed by atoms with Gasteiger partial charge in [0.25, 0.3) is 0 Å². The van der Waals surface area contributed by atoms with Gasteiger partial charge in [0, 0.05) is 11.8 Å². The van der Waals surface area contributed by atoms with Crippen molar-refractivity contribution in [1.29, 1.82) is 0 Å². The van der Waals surface area contributed by atoms with Crippen LogP contribution in [-0.2, 0) is 0 Å². The van der Waals surface area contributed by atoms with Gasteiger partial charge in [-0.1, -0.05) is 60.3 Å². The van der Waals surface area contributed by atoms with Gasteiger partial charge in [-0.3, -0.25) is 0 Å². The second kappa shape index (κ2) is 6.51. The predicted octanol–water partition coefficient (Wildman–Crippen LogP) is 2.45. The van der Waals surface area contributed by atoms with Gasteiger partial charge in [-0.15, -0.1) is 5.10 Å². The third-order valence-electron chi connectivity index (χ3n) is 3.07. The molecule has 0 aliphatic rings. The first-order valence-corrected chi connectivity index (χ1v) is 7.52. The summed E-state index contributed by atoms with van der Waals surface area (Å²) in [7, 11) is 0. The Labute approximate surface area is 127 Å². The van der Waals surface area contributed by atoms with Crippen molar-refractivity contribution in [3.8, 4) is 5.69 Å². The number of nitrogens with zero attached hydrogens (tertiary/aromatic N) is 4. The van der Waals surface area contributed by atoms with Crippen LogP contribution >= 0.6 is 11.8 Å². The molecular weight excluding hydrogens is 282 g/mol. The molecule has 0 bridgehead atoms. The number of para-hydroxylation sites is 1. The maximum Gasteiger partial charge on any atom is 0.214 e. The maximum atomic E-state index is 5.91. The summed E-state index contributed by atoms with van der Waals surface area (Å²) in [6, 6.07) is 20.0. The van der Waals surface area contributed by atoms with E-state index in [2.05, 4.69) is 27.7 Å². The van der Waals surface area contributed by atoms with Gasteiger partial charge in [0.15, 0.2) is 0 Å². The quantitative estimate of drug-likeness (QED) is 0.733. The SMILES string of the molecule is NCC(Sc1nnnn1-c1ccccc1)c1ccccc1. The van der Waals surface area contributed by atoms with Gasteiger partial charge in [0.2, 0.25) is 5.16 Å². The van der Waals surface area contributed by atoms with Crippen LogP contribution in [0.2, 0.25) is 0 Å². The molecule has 5 nitrogen and oxygen atoms in total. The number of thioether (sulfide) groups is 1. The Morgan fingerprint density at radius 2 is 1.67 bits per heavy atom. The maximum absolute atomic E-state index is 5.91. The Hall–Kier alpha value is -2.18. The van der Waals surface area contributed by atoms with Crippen LogP contribution in [0.25, 0.3) is 5.69 Å². The molecule has 1 aromatic heterocycles. The van der Waals surface area contributed by atoms with Gasteiger partial charge < -0.3 is 5.73 Å². The molecule has 1 atom stereocenters. The Morgan fingerprint density at radius 3 is 2.33 bits per heavy atom. The van der Waals surface area contributed by atoms with Crippen LogP contribution in [0.5, 0.6) is 0 Å². The molecule has 21 heavy (non-hydrogen) atoms. The van der Waals surface area contributed by atoms with E-state index in [-0.39, 0.29) is 5.25 Å². The fourth-order valence-electron chi connectivity index (χ4n) is 2.03. The van der Waals surface area contributed by atoms with E-state index in [1.54, 1.807) is 16.4 Å². The highest BCUT2D eigenvalue weighted by atomic mass is 32.2. The molecule has 2 N–H and O–H groups in total. The molecular formula is C15H15N5S. The van der Waals surface area contributed by atoms with Gasteiger partial charge in [0.1, 0.15) is 0 Å². The van der Waals surface area contributed by atoms with E-state index in [9.17, 15) is 0 Å². The molecule has 106 valence electrons. The lowest BCUT2D eigenvalue weighted by Gasteiger charge is -2.14. The molecule has 2 aromatic carbocycles. The van der Waals surface area contributed by atoms with Crippen molar-refractivity contribution in [1.82, 2.24) is 20.2 Å². The van der Waals surface area contributed by atoms with Gasteiger partial charge in [-0.2, -0.15) is 4.68 Å². The van der Waals surface area contributed by atoms with Crippen molar-refractivity contribution in [3.05, 3.63) is 66.2 Å². The molecule has 1 unspecified atom stereocenters. The largest absolute Gasteiger partial charge is 0.329 e. The van der Waals surface area contributed by atoms with E-state index in [0.717, 1.165) is 10.8 Å². The summed E-state index contributed by atoms with van der Waals surface area (Å²) >= 11 is 1.57. The predicted molar refractivity (Wildman–Crippen MR) is 83.2 cm³/mol. The van der Waals surface area contributed by atoms with Crippen molar-refractivity contribution < 1.29 is 0 Å². The molecule has 0 saturated heterocycles. The lowest BCUT2D eigenvalue weighted by molar-refractivity contribution is 0.754. The number of nitrogens with two attached hydrogens (primary N) is 1. The summed E-state index contributed by atoms with van der Waals surface area (Å²) in [4.78, 5) is 0. The zero-order valence-electron chi connectivity index (χ0n) is 11.3. The summed E-state index contributed by atoms with van der Waals surface area (Å²) in [5.74, 6) is 0. The Morgan fingerprint density at radius 1 is 1.00 bits per heavy atom. The topological polar surface area (TPSA) is 69.6 Å². The van der Waals surface area contributed by atoms with Crippen molar-refractivity contribution in [2.75, 3.05) is 6.54 Å². The number of aromatic nitrogens is 4. The van der Waals surface area contributed by atoms with Crippen LogP contribution in [0.4, 0.5) is 0 Å². The summed E-state index contributed by atoms with van der Waals surface area (Å²) in [5.41, 5.74) is 8.02. The zero-order valence-corrected chi connectivity index (χ0v) is 12.1. The number of benzene rings is 2. The zero-order chi connectivity index (χ0) is 14.5. The minimum atomic E-state index is 0.125. The number of rotatable bonds is 5. The van der Waals surface area contributed by atoms with Crippen LogP contribution in [0.15, 0.2) is 65.8 Å². The first-order valence-electron chi connectivity index (χ1n) is 6.64. The van der Waals surface area contributed by atoms with Crippen LogP contribution in [-0.4, -0.2) is 26.8 Å². The highest BCUT2D eigenvalue weighted by Crippen LogP contribution is 2.33. The number of hydrogen-bond donors (Lipinski definition) is 1. The van der Waals surface area contributed by atoms with E-state index in [0.29, 0.717) is 6.54 Å². The molecule has 0 aliphatic carbocycles. The van der Waals surface area contributed by atoms with Gasteiger partial charge in [0.05, 0.1) is 5.69 Å². The summed E-state index contributed by atoms with van der Waals surface area (Å²) in [6.07, 6.45) is 0. The molecule has 3 aromatic rings. The summed E-state index contributed by atoms with van der Waals surface area (Å²) in [5, 5.41) is 12.8. The van der Waals surface area contributed by atoms with Gasteiger partial charge in [-0.05, 0) is 28.1 Å². The lowest BCUT2D eigenvalue weighted by Crippen LogP contribution is -2.10. The lowest BCUT2D eigenvalue weighted by atomic mass is 10.1. The van der Waals surface area contributed by atoms with Crippen LogP contribution < -0.4 is 5.73 Å². The molecule has 6 heteroatoms. The fraction of sp³-hybridized carbons (Fsp3) is 0.133. The monoisotopic (exact) mass is 297 g/mol. The molecule has 1 heterocycles. The van der Waals surface area contributed by atoms with E-state index in [1.807, 2.05) is 48.5 Å². The highest BCUT2D eigenvalue weighted by molar-refractivity contribution is 7.99. The summed E-state index contributed by atoms with van der Waals surface area (Å²) in [6.45, 7) is 0.524. The van der Waals surface area contributed by atoms with Crippen LogP contribution in [0.1, 0.15) is 10.8 Å². The van der Waals surface area contributed by atoms with Crippen molar-refractivity contribution in [2.45, 2.75) is 10.4 Å². The number of hydrogen-bond acceptors (Lipinski definition) is 5. The normalized spacial score (nSPS) is 12.2. The third-order valence-corrected chi connectivity index (χ3v) is 4.29. The van der Waals surface area contributed by atoms with E-state index in [4.69, 9.17) is 5.73 Å². The fourth-order valence-corrected chi connectivity index (χ4v) is 3.00. The minimum absolute atomic E-state index is 0.125. The second-order valence-corrected chi connectivity index (χ2v) is 5.63. The smallest absolute Gasteiger partial charge is 0.214 e. The van der Waals surface area contributed by atoms with Crippen LogP contribution in [0, 0.1) is 0 Å². The van der Waals surface area contributed by atoms with E-state index in [1.165, 1.54) is 5.56 Å². The summed E-state index contributed by atoms with van der Waals surface area (Å²) < 4.78 is 1.73. The average Bonchev–Trinajstić information content (AvgIpc) is 3.02. The number of tetrazole rings is 1. The van der Waals surface area contributed by atoms with Gasteiger partial charge in [-0.25, -0.2) is 0 Å². The second-order valence-electron chi connectivity index (χ2n) is 4.46. The molecule has 0 aliphatic heterocycles. The molecule has 0 radical (unpaired) electrons. The minimum Gasteiger partial charge on any atom is -0.329 e. The molecule has 0 amide bonds. The first kappa shape index (κ1) is 13.8.